The lowest BCUT2D eigenvalue weighted by Gasteiger charge is -2.13. The number of fused-ring (bicyclic) bond motifs is 1. The van der Waals surface area contributed by atoms with Gasteiger partial charge >= 0.3 is 5.97 Å². The van der Waals surface area contributed by atoms with Crippen LogP contribution in [-0.4, -0.2) is 30.1 Å². The summed E-state index contributed by atoms with van der Waals surface area (Å²) in [4.78, 5) is 38.4. The normalized spacial score (nSPS) is 13.4. The van der Waals surface area contributed by atoms with Crippen molar-refractivity contribution in [3.05, 3.63) is 113 Å². The Morgan fingerprint density at radius 1 is 0.875 bits per heavy atom. The van der Waals surface area contributed by atoms with Crippen molar-refractivity contribution in [3.63, 3.8) is 0 Å². The minimum absolute atomic E-state index is 0.140. The molecule has 0 saturated carbocycles. The Morgan fingerprint density at radius 2 is 1.57 bits per heavy atom. The zero-order chi connectivity index (χ0) is 28.1. The smallest absolute Gasteiger partial charge is 0.340 e. The molecule has 8 nitrogen and oxygen atoms in total. The molecule has 0 radical (unpaired) electrons. The second kappa shape index (κ2) is 11.8. The summed E-state index contributed by atoms with van der Waals surface area (Å²) < 4.78 is 11.1. The molecule has 4 aromatic rings. The van der Waals surface area contributed by atoms with E-state index in [-0.39, 0.29) is 23.8 Å². The molecule has 0 bridgehead atoms. The van der Waals surface area contributed by atoms with E-state index in [4.69, 9.17) is 9.15 Å². The predicted molar refractivity (Wildman–Crippen MR) is 153 cm³/mol. The molecule has 8 heteroatoms. The molecule has 0 atom stereocenters. The zero-order valence-corrected chi connectivity index (χ0v) is 22.3. The van der Waals surface area contributed by atoms with Crippen molar-refractivity contribution in [1.82, 2.24) is 5.43 Å². The van der Waals surface area contributed by atoms with E-state index in [9.17, 15) is 14.4 Å². The molecule has 1 aliphatic carbocycles. The first-order chi connectivity index (χ1) is 19.5. The van der Waals surface area contributed by atoms with Crippen molar-refractivity contribution < 1.29 is 23.5 Å². The van der Waals surface area contributed by atoms with Crippen LogP contribution < -0.4 is 10.7 Å². The molecule has 5 rings (SSSR count). The Labute approximate surface area is 232 Å². The van der Waals surface area contributed by atoms with Gasteiger partial charge in [0.2, 0.25) is 0 Å². The first-order valence-electron chi connectivity index (χ1n) is 13.2. The van der Waals surface area contributed by atoms with Gasteiger partial charge in [0.15, 0.2) is 5.76 Å². The minimum atomic E-state index is -0.520. The summed E-state index contributed by atoms with van der Waals surface area (Å²) in [5.41, 5.74) is 7.85. The average Bonchev–Trinajstić information content (AvgIpc) is 3.34. The van der Waals surface area contributed by atoms with Crippen LogP contribution in [0, 0.1) is 6.92 Å². The van der Waals surface area contributed by atoms with Crippen molar-refractivity contribution in [2.24, 2.45) is 5.10 Å². The molecule has 2 N–H and O–H groups in total. The Kier molecular flexibility index (Phi) is 7.87. The maximum Gasteiger partial charge on any atom is 0.340 e. The van der Waals surface area contributed by atoms with Crippen LogP contribution in [0.2, 0.25) is 0 Å². The van der Waals surface area contributed by atoms with Gasteiger partial charge in [-0.25, -0.2) is 10.2 Å². The number of nitrogens with zero attached hydrogens (tertiary/aromatic N) is 1. The molecular formula is C32H29N3O5. The number of carbonyl (C=O) groups is 3. The number of aryl methyl sites for hydroxylation is 1. The zero-order valence-electron chi connectivity index (χ0n) is 22.3. The molecule has 1 aliphatic rings. The average molecular weight is 536 g/mol. The molecule has 0 saturated heterocycles. The molecule has 1 heterocycles. The van der Waals surface area contributed by atoms with Crippen LogP contribution in [0.5, 0.6) is 0 Å². The SMILES string of the molecule is CCOC(=O)c1ccccc1NC(=O)c1oc2c(c1C)/C(=N/NC(=O)c1ccc(-c3ccccc3)cc1)CCC2. The number of carbonyl (C=O) groups excluding carboxylic acids is 3. The number of ether oxygens (including phenoxy) is 1. The Hall–Kier alpha value is -4.98. The third-order valence-electron chi connectivity index (χ3n) is 6.75. The fourth-order valence-electron chi connectivity index (χ4n) is 4.78. The summed E-state index contributed by atoms with van der Waals surface area (Å²) in [5.74, 6) is -0.540. The fraction of sp³-hybridized carbons (Fsp3) is 0.188. The molecule has 0 aliphatic heterocycles. The maximum absolute atomic E-state index is 13.2. The number of hydrogen-bond acceptors (Lipinski definition) is 6. The van der Waals surface area contributed by atoms with Gasteiger partial charge in [-0.2, -0.15) is 5.10 Å². The highest BCUT2D eigenvalue weighted by Crippen LogP contribution is 2.31. The summed E-state index contributed by atoms with van der Waals surface area (Å²) >= 11 is 0. The van der Waals surface area contributed by atoms with Gasteiger partial charge < -0.3 is 14.5 Å². The van der Waals surface area contributed by atoms with Crippen molar-refractivity contribution in [3.8, 4) is 11.1 Å². The van der Waals surface area contributed by atoms with Crippen molar-refractivity contribution in [1.29, 1.82) is 0 Å². The molecule has 1 aromatic heterocycles. The van der Waals surface area contributed by atoms with E-state index in [2.05, 4.69) is 15.8 Å². The number of hydrazone groups is 1. The van der Waals surface area contributed by atoms with Crippen molar-refractivity contribution in [2.45, 2.75) is 33.1 Å². The van der Waals surface area contributed by atoms with Crippen LogP contribution >= 0.6 is 0 Å². The van der Waals surface area contributed by atoms with Crippen LogP contribution in [-0.2, 0) is 11.2 Å². The van der Waals surface area contributed by atoms with Gasteiger partial charge in [-0.15, -0.1) is 0 Å². The van der Waals surface area contributed by atoms with Crippen LogP contribution in [0.3, 0.4) is 0 Å². The van der Waals surface area contributed by atoms with Crippen LogP contribution in [0.25, 0.3) is 11.1 Å². The van der Waals surface area contributed by atoms with E-state index in [0.29, 0.717) is 41.1 Å². The summed E-state index contributed by atoms with van der Waals surface area (Å²) in [6.07, 6.45) is 2.05. The summed E-state index contributed by atoms with van der Waals surface area (Å²) in [6.45, 7) is 3.74. The maximum atomic E-state index is 13.2. The molecule has 0 unspecified atom stereocenters. The number of nitrogens with one attached hydrogen (secondary N) is 2. The molecular weight excluding hydrogens is 506 g/mol. The Balaban J connectivity index is 1.33. The van der Waals surface area contributed by atoms with E-state index < -0.39 is 11.9 Å². The Bertz CT molecular complexity index is 1590. The highest BCUT2D eigenvalue weighted by atomic mass is 16.5. The standard InChI is InChI=1S/C32H29N3O5/c1-3-39-32(38)24-12-7-8-13-25(24)33-31(37)29-20(2)28-26(14-9-15-27(28)40-29)34-35-30(36)23-18-16-22(17-19-23)21-10-5-4-6-11-21/h4-8,10-13,16-19H,3,9,14-15H2,1-2H3,(H,33,37)(H,35,36)/b34-26+. The van der Waals surface area contributed by atoms with Crippen LogP contribution in [0.15, 0.2) is 88.4 Å². The van der Waals surface area contributed by atoms with E-state index in [1.807, 2.05) is 42.5 Å². The first-order valence-corrected chi connectivity index (χ1v) is 13.2. The first kappa shape index (κ1) is 26.6. The number of esters is 1. The summed E-state index contributed by atoms with van der Waals surface area (Å²) in [7, 11) is 0. The quantitative estimate of drug-likeness (QED) is 0.218. The van der Waals surface area contributed by atoms with Gasteiger partial charge in [-0.3, -0.25) is 9.59 Å². The van der Waals surface area contributed by atoms with E-state index in [0.717, 1.165) is 23.1 Å². The fourth-order valence-corrected chi connectivity index (χ4v) is 4.78. The van der Waals surface area contributed by atoms with E-state index in [1.54, 1.807) is 50.2 Å². The third kappa shape index (κ3) is 5.56. The van der Waals surface area contributed by atoms with Crippen molar-refractivity contribution >= 4 is 29.2 Å². The lowest BCUT2D eigenvalue weighted by Crippen LogP contribution is -2.22. The van der Waals surface area contributed by atoms with Gasteiger partial charge in [-0.1, -0.05) is 54.6 Å². The number of furan rings is 1. The lowest BCUT2D eigenvalue weighted by atomic mass is 9.93. The van der Waals surface area contributed by atoms with Gasteiger partial charge in [0, 0.05) is 23.1 Å². The van der Waals surface area contributed by atoms with Crippen LogP contribution in [0.4, 0.5) is 5.69 Å². The summed E-state index contributed by atoms with van der Waals surface area (Å²) in [5, 5.41) is 7.20. The highest BCUT2D eigenvalue weighted by Gasteiger charge is 2.29. The molecule has 40 heavy (non-hydrogen) atoms. The Morgan fingerprint density at radius 3 is 2.33 bits per heavy atom. The largest absolute Gasteiger partial charge is 0.462 e. The van der Waals surface area contributed by atoms with E-state index >= 15 is 0 Å². The molecule has 0 spiro atoms. The number of benzene rings is 3. The topological polar surface area (TPSA) is 110 Å². The second-order valence-electron chi connectivity index (χ2n) is 9.37. The van der Waals surface area contributed by atoms with Crippen LogP contribution in [0.1, 0.15) is 67.9 Å². The van der Waals surface area contributed by atoms with Gasteiger partial charge in [0.05, 0.1) is 23.6 Å². The number of para-hydroxylation sites is 1. The molecule has 0 fully saturated rings. The monoisotopic (exact) mass is 535 g/mol. The number of anilines is 1. The van der Waals surface area contributed by atoms with Gasteiger partial charge in [0.1, 0.15) is 5.76 Å². The van der Waals surface area contributed by atoms with Gasteiger partial charge in [-0.05, 0) is 62.1 Å². The van der Waals surface area contributed by atoms with Gasteiger partial charge in [0.25, 0.3) is 11.8 Å². The number of rotatable bonds is 7. The predicted octanol–water partition coefficient (Wildman–Crippen LogP) is 6.15. The third-order valence-corrected chi connectivity index (χ3v) is 6.75. The molecule has 3 aromatic carbocycles. The number of hydrogen-bond donors (Lipinski definition) is 2. The highest BCUT2D eigenvalue weighted by molar-refractivity contribution is 6.11. The molecule has 202 valence electrons. The minimum Gasteiger partial charge on any atom is -0.462 e. The number of amides is 2. The van der Waals surface area contributed by atoms with Crippen molar-refractivity contribution in [2.75, 3.05) is 11.9 Å². The van der Waals surface area contributed by atoms with E-state index in [1.165, 1.54) is 0 Å². The summed E-state index contributed by atoms with van der Waals surface area (Å²) in [6, 6.07) is 23.9. The lowest BCUT2D eigenvalue weighted by molar-refractivity contribution is 0.0527. The molecule has 2 amide bonds. The second-order valence-corrected chi connectivity index (χ2v) is 9.37.